The van der Waals surface area contributed by atoms with Gasteiger partial charge in [-0.1, -0.05) is 48.5 Å². The van der Waals surface area contributed by atoms with Crippen molar-refractivity contribution in [2.24, 2.45) is 0 Å². The van der Waals surface area contributed by atoms with Gasteiger partial charge in [0.1, 0.15) is 11.2 Å². The molecule has 1 aliphatic rings. The zero-order valence-corrected chi connectivity index (χ0v) is 18.6. The molecule has 1 N–H and O–H groups in total. The summed E-state index contributed by atoms with van der Waals surface area (Å²) in [6.07, 6.45) is 6.88. The van der Waals surface area contributed by atoms with Gasteiger partial charge in [0, 0.05) is 31.3 Å². The Kier molecular flexibility index (Phi) is 3.42. The Balaban J connectivity index is 1.44. The number of rotatable bonds is 1. The van der Waals surface area contributed by atoms with Crippen LogP contribution in [0.1, 0.15) is 16.9 Å². The molecule has 0 aliphatic heterocycles. The molecule has 0 spiro atoms. The molecular weight excluding hydrogens is 422 g/mol. The Morgan fingerprint density at radius 2 is 1.70 bits per heavy atom. The minimum absolute atomic E-state index is 0.937. The van der Waals surface area contributed by atoms with Crippen LogP contribution in [0.3, 0.4) is 0 Å². The topological polar surface area (TPSA) is 28.9 Å². The molecule has 33 heavy (non-hydrogen) atoms. The number of nitrogens with one attached hydrogen (secondary N) is 1. The first-order valence-corrected chi connectivity index (χ1v) is 12.2. The molecule has 3 heteroatoms. The number of hydrogen-bond donors (Lipinski definition) is 1. The highest BCUT2D eigenvalue weighted by atomic mass is 32.1. The average molecular weight is 442 g/mol. The van der Waals surface area contributed by atoms with Gasteiger partial charge in [-0.15, -0.1) is 11.3 Å². The average Bonchev–Trinajstić information content (AvgIpc) is 3.54. The van der Waals surface area contributed by atoms with E-state index in [0.717, 1.165) is 35.0 Å². The number of aromatic nitrogens is 1. The van der Waals surface area contributed by atoms with Crippen molar-refractivity contribution in [1.29, 1.82) is 0 Å². The third kappa shape index (κ3) is 2.37. The van der Waals surface area contributed by atoms with E-state index in [0.29, 0.717) is 0 Å². The quantitative estimate of drug-likeness (QED) is 0.270. The second kappa shape index (κ2) is 6.37. The number of thiophene rings is 1. The van der Waals surface area contributed by atoms with Gasteiger partial charge < -0.3 is 9.40 Å². The highest BCUT2D eigenvalue weighted by Gasteiger charge is 2.18. The molecule has 0 atom stereocenters. The van der Waals surface area contributed by atoms with E-state index in [2.05, 4.69) is 83.9 Å². The fourth-order valence-corrected chi connectivity index (χ4v) is 6.88. The maximum atomic E-state index is 6.38. The predicted molar refractivity (Wildman–Crippen MR) is 141 cm³/mol. The zero-order valence-electron chi connectivity index (χ0n) is 17.8. The van der Waals surface area contributed by atoms with Crippen LogP contribution in [0, 0.1) is 0 Å². The van der Waals surface area contributed by atoms with Crippen molar-refractivity contribution in [2.75, 3.05) is 0 Å². The standard InChI is InChI=1S/C30H19NOS/c1-3-10-26-19(6-1)21-13-15-25-28(29(21)32-26)23-16-17(12-14-24(23)31-25)18-8-5-9-22-20-7-2-4-11-27(20)33-30(18)22/h1,3-6,8-16,31H,2,7H2. The highest BCUT2D eigenvalue weighted by Crippen LogP contribution is 2.43. The molecule has 0 bridgehead atoms. The van der Waals surface area contributed by atoms with Gasteiger partial charge in [0.2, 0.25) is 0 Å². The molecule has 156 valence electrons. The maximum Gasteiger partial charge on any atom is 0.145 e. The van der Waals surface area contributed by atoms with Crippen molar-refractivity contribution in [3.63, 3.8) is 0 Å². The Morgan fingerprint density at radius 3 is 2.70 bits per heavy atom. The van der Waals surface area contributed by atoms with E-state index in [1.807, 2.05) is 17.4 Å². The molecule has 3 aromatic heterocycles. The fourth-order valence-electron chi connectivity index (χ4n) is 5.56. The summed E-state index contributed by atoms with van der Waals surface area (Å²) in [6.45, 7) is 0. The van der Waals surface area contributed by atoms with Gasteiger partial charge >= 0.3 is 0 Å². The Hall–Kier alpha value is -3.82. The van der Waals surface area contributed by atoms with Crippen LogP contribution in [0.5, 0.6) is 0 Å². The molecule has 3 heterocycles. The van der Waals surface area contributed by atoms with Gasteiger partial charge in [-0.2, -0.15) is 0 Å². The van der Waals surface area contributed by atoms with Crippen LogP contribution >= 0.6 is 11.3 Å². The summed E-state index contributed by atoms with van der Waals surface area (Å²) in [5.41, 5.74) is 8.24. The molecule has 0 fully saturated rings. The minimum atomic E-state index is 0.937. The summed E-state index contributed by atoms with van der Waals surface area (Å²) in [7, 11) is 0. The van der Waals surface area contributed by atoms with Gasteiger partial charge in [-0.25, -0.2) is 0 Å². The monoisotopic (exact) mass is 441 g/mol. The van der Waals surface area contributed by atoms with Crippen LogP contribution in [0.15, 0.2) is 83.3 Å². The number of benzene rings is 4. The summed E-state index contributed by atoms with van der Waals surface area (Å²) < 4.78 is 7.77. The summed E-state index contributed by atoms with van der Waals surface area (Å²) in [4.78, 5) is 5.02. The summed E-state index contributed by atoms with van der Waals surface area (Å²) in [5, 5.41) is 6.13. The van der Waals surface area contributed by atoms with Crippen LogP contribution in [-0.4, -0.2) is 4.98 Å². The number of allylic oxidation sites excluding steroid dienone is 1. The first-order valence-electron chi connectivity index (χ1n) is 11.4. The molecule has 0 saturated carbocycles. The molecule has 8 rings (SSSR count). The molecule has 4 aromatic carbocycles. The number of hydrogen-bond acceptors (Lipinski definition) is 2. The van der Waals surface area contributed by atoms with Crippen molar-refractivity contribution in [1.82, 2.24) is 4.98 Å². The number of H-pyrrole nitrogens is 1. The van der Waals surface area contributed by atoms with Crippen molar-refractivity contribution in [2.45, 2.75) is 12.8 Å². The predicted octanol–water partition coefficient (Wildman–Crippen LogP) is 9.06. The number of para-hydroxylation sites is 1. The van der Waals surface area contributed by atoms with E-state index in [4.69, 9.17) is 4.42 Å². The van der Waals surface area contributed by atoms with Crippen molar-refractivity contribution in [3.05, 3.63) is 89.3 Å². The fraction of sp³-hybridized carbons (Fsp3) is 0.0667. The van der Waals surface area contributed by atoms with Gasteiger partial charge in [-0.3, -0.25) is 0 Å². The van der Waals surface area contributed by atoms with E-state index in [1.54, 1.807) is 0 Å². The van der Waals surface area contributed by atoms with E-state index < -0.39 is 0 Å². The molecule has 1 aliphatic carbocycles. The van der Waals surface area contributed by atoms with E-state index in [1.165, 1.54) is 53.2 Å². The number of furan rings is 1. The normalized spacial score (nSPS) is 13.7. The molecule has 0 unspecified atom stereocenters. The summed E-state index contributed by atoms with van der Waals surface area (Å²) >= 11 is 1.92. The van der Waals surface area contributed by atoms with E-state index in [-0.39, 0.29) is 0 Å². The largest absolute Gasteiger partial charge is 0.455 e. The van der Waals surface area contributed by atoms with Crippen LogP contribution in [0.25, 0.3) is 71.0 Å². The van der Waals surface area contributed by atoms with Gasteiger partial charge in [0.25, 0.3) is 0 Å². The van der Waals surface area contributed by atoms with Gasteiger partial charge in [0.15, 0.2) is 0 Å². The molecule has 0 amide bonds. The van der Waals surface area contributed by atoms with E-state index >= 15 is 0 Å². The second-order valence-corrected chi connectivity index (χ2v) is 9.97. The number of aromatic amines is 1. The van der Waals surface area contributed by atoms with Gasteiger partial charge in [-0.05, 0) is 71.3 Å². The Bertz CT molecular complexity index is 1930. The summed E-state index contributed by atoms with van der Waals surface area (Å²) in [6, 6.07) is 26.2. The lowest BCUT2D eigenvalue weighted by Gasteiger charge is -2.06. The van der Waals surface area contributed by atoms with Crippen molar-refractivity contribution < 1.29 is 4.42 Å². The number of fused-ring (bicyclic) bond motifs is 10. The molecule has 2 nitrogen and oxygen atoms in total. The lowest BCUT2D eigenvalue weighted by atomic mass is 9.97. The second-order valence-electron chi connectivity index (χ2n) is 8.92. The van der Waals surface area contributed by atoms with Crippen LogP contribution < -0.4 is 0 Å². The van der Waals surface area contributed by atoms with Crippen LogP contribution in [0.2, 0.25) is 0 Å². The maximum absolute atomic E-state index is 6.38. The lowest BCUT2D eigenvalue weighted by molar-refractivity contribution is 0.673. The van der Waals surface area contributed by atoms with Crippen LogP contribution in [0.4, 0.5) is 0 Å². The number of aryl methyl sites for hydroxylation is 1. The van der Waals surface area contributed by atoms with Crippen molar-refractivity contribution >= 4 is 71.2 Å². The Labute approximate surface area is 193 Å². The third-order valence-corrected chi connectivity index (χ3v) is 8.34. The summed E-state index contributed by atoms with van der Waals surface area (Å²) in [5.74, 6) is 0. The van der Waals surface area contributed by atoms with Gasteiger partial charge in [0.05, 0.1) is 10.9 Å². The van der Waals surface area contributed by atoms with E-state index in [9.17, 15) is 0 Å². The molecule has 0 saturated heterocycles. The third-order valence-electron chi connectivity index (χ3n) is 7.10. The Morgan fingerprint density at radius 1 is 0.788 bits per heavy atom. The lowest BCUT2D eigenvalue weighted by Crippen LogP contribution is -1.88. The SMILES string of the molecule is C1=Cc2sc3c(-c4ccc5[nH]c6ccc7c8ccccc8oc7c6c5c4)cccc3c2CC1. The molecule has 7 aromatic rings. The molecule has 0 radical (unpaired) electrons. The van der Waals surface area contributed by atoms with Crippen LogP contribution in [-0.2, 0) is 6.42 Å². The smallest absolute Gasteiger partial charge is 0.145 e. The van der Waals surface area contributed by atoms with Crippen molar-refractivity contribution in [3.8, 4) is 11.1 Å². The molecular formula is C30H19NOS. The first-order chi connectivity index (χ1) is 16.3. The zero-order chi connectivity index (χ0) is 21.5. The minimum Gasteiger partial charge on any atom is -0.455 e. The highest BCUT2D eigenvalue weighted by molar-refractivity contribution is 7.20. The first kappa shape index (κ1) is 17.7.